The lowest BCUT2D eigenvalue weighted by molar-refractivity contribution is -0.117. The number of hydrogen-bond acceptors (Lipinski definition) is 4. The Morgan fingerprint density at radius 3 is 2.43 bits per heavy atom. The summed E-state index contributed by atoms with van der Waals surface area (Å²) in [4.78, 5) is 12.0. The third-order valence-corrected chi connectivity index (χ3v) is 5.68. The Hall–Kier alpha value is -1.44. The predicted molar refractivity (Wildman–Crippen MR) is 88.8 cm³/mol. The first-order chi connectivity index (χ1) is 11.0. The number of sulfonamides is 1. The predicted octanol–water partition coefficient (Wildman–Crippen LogP) is 2.23. The van der Waals surface area contributed by atoms with E-state index in [4.69, 9.17) is 4.74 Å². The van der Waals surface area contributed by atoms with Crippen molar-refractivity contribution in [3.63, 3.8) is 0 Å². The van der Waals surface area contributed by atoms with Crippen LogP contribution in [0.15, 0.2) is 29.2 Å². The van der Waals surface area contributed by atoms with Gasteiger partial charge in [0.25, 0.3) is 0 Å². The van der Waals surface area contributed by atoms with E-state index in [1.54, 1.807) is 24.3 Å². The highest BCUT2D eigenvalue weighted by Crippen LogP contribution is 2.22. The summed E-state index contributed by atoms with van der Waals surface area (Å²) in [5, 5.41) is 2.73. The van der Waals surface area contributed by atoms with Crippen molar-refractivity contribution in [2.45, 2.75) is 37.5 Å². The Morgan fingerprint density at radius 1 is 1.17 bits per heavy atom. The van der Waals surface area contributed by atoms with Gasteiger partial charge in [-0.15, -0.1) is 0 Å². The summed E-state index contributed by atoms with van der Waals surface area (Å²) in [7, 11) is -3.42. The molecule has 0 aromatic heterocycles. The fraction of sp³-hybridized carbons (Fsp3) is 0.562. The summed E-state index contributed by atoms with van der Waals surface area (Å²) in [5.74, 6) is -0.148. The van der Waals surface area contributed by atoms with Crippen molar-refractivity contribution in [1.82, 2.24) is 4.31 Å². The van der Waals surface area contributed by atoms with Gasteiger partial charge in [-0.1, -0.05) is 6.42 Å². The average Bonchev–Trinajstić information content (AvgIpc) is 2.56. The molecule has 0 saturated carbocycles. The summed E-state index contributed by atoms with van der Waals surface area (Å²) in [5.41, 5.74) is 0.587. The van der Waals surface area contributed by atoms with Crippen molar-refractivity contribution in [3.05, 3.63) is 24.3 Å². The van der Waals surface area contributed by atoms with E-state index in [2.05, 4.69) is 5.32 Å². The average molecular weight is 340 g/mol. The first-order valence-corrected chi connectivity index (χ1v) is 9.46. The molecule has 0 atom stereocenters. The van der Waals surface area contributed by atoms with E-state index in [1.807, 2.05) is 6.92 Å². The SMILES string of the molecule is CCOCCC(=O)Nc1ccc(S(=O)(=O)N2CCCCC2)cc1. The van der Waals surface area contributed by atoms with Crippen LogP contribution in [0.4, 0.5) is 5.69 Å². The van der Waals surface area contributed by atoms with Crippen molar-refractivity contribution >= 4 is 21.6 Å². The van der Waals surface area contributed by atoms with E-state index >= 15 is 0 Å². The minimum atomic E-state index is -3.42. The van der Waals surface area contributed by atoms with Gasteiger partial charge in [-0.3, -0.25) is 4.79 Å². The molecule has 128 valence electrons. The molecule has 1 fully saturated rings. The van der Waals surface area contributed by atoms with Crippen molar-refractivity contribution in [2.75, 3.05) is 31.6 Å². The highest BCUT2D eigenvalue weighted by molar-refractivity contribution is 7.89. The normalized spacial score (nSPS) is 16.2. The Labute approximate surface area is 137 Å². The van der Waals surface area contributed by atoms with E-state index in [1.165, 1.54) is 4.31 Å². The number of amides is 1. The molecule has 6 nitrogen and oxygen atoms in total. The number of rotatable bonds is 7. The molecule has 0 spiro atoms. The van der Waals surface area contributed by atoms with Gasteiger partial charge in [-0.05, 0) is 44.0 Å². The van der Waals surface area contributed by atoms with E-state index in [0.29, 0.717) is 32.0 Å². The zero-order valence-electron chi connectivity index (χ0n) is 13.5. The number of anilines is 1. The van der Waals surface area contributed by atoms with Crippen molar-refractivity contribution in [3.8, 4) is 0 Å². The zero-order chi connectivity index (χ0) is 16.7. The van der Waals surface area contributed by atoms with Crippen LogP contribution < -0.4 is 5.32 Å². The number of piperidine rings is 1. The third-order valence-electron chi connectivity index (χ3n) is 3.77. The molecule has 1 amide bonds. The summed E-state index contributed by atoms with van der Waals surface area (Å²) in [6.45, 7) is 4.00. The van der Waals surface area contributed by atoms with Crippen LogP contribution in [0.25, 0.3) is 0 Å². The molecular formula is C16H24N2O4S. The highest BCUT2D eigenvalue weighted by Gasteiger charge is 2.25. The second kappa shape index (κ2) is 8.42. The molecule has 1 aromatic rings. The van der Waals surface area contributed by atoms with E-state index in [9.17, 15) is 13.2 Å². The molecule has 7 heteroatoms. The largest absolute Gasteiger partial charge is 0.381 e. The molecule has 0 bridgehead atoms. The van der Waals surface area contributed by atoms with E-state index < -0.39 is 10.0 Å². The molecule has 1 aromatic carbocycles. The van der Waals surface area contributed by atoms with Gasteiger partial charge in [-0.25, -0.2) is 8.42 Å². The second-order valence-corrected chi connectivity index (χ2v) is 7.42. The highest BCUT2D eigenvalue weighted by atomic mass is 32.2. The van der Waals surface area contributed by atoms with E-state index in [-0.39, 0.29) is 17.2 Å². The lowest BCUT2D eigenvalue weighted by Gasteiger charge is -2.25. The minimum absolute atomic E-state index is 0.148. The number of hydrogen-bond donors (Lipinski definition) is 1. The number of carbonyl (C=O) groups excluding carboxylic acids is 1. The van der Waals surface area contributed by atoms with Gasteiger partial charge >= 0.3 is 0 Å². The summed E-state index contributed by atoms with van der Waals surface area (Å²) < 4.78 is 31.7. The number of nitrogens with zero attached hydrogens (tertiary/aromatic N) is 1. The number of carbonyl (C=O) groups is 1. The maximum Gasteiger partial charge on any atom is 0.243 e. The molecule has 0 aliphatic carbocycles. The van der Waals surface area contributed by atoms with Gasteiger partial charge in [0.2, 0.25) is 15.9 Å². The van der Waals surface area contributed by atoms with Crippen LogP contribution in [0.3, 0.4) is 0 Å². The Kier molecular flexibility index (Phi) is 6.56. The quantitative estimate of drug-likeness (QED) is 0.772. The monoisotopic (exact) mass is 340 g/mol. The van der Waals surface area contributed by atoms with Crippen LogP contribution in [-0.2, 0) is 19.6 Å². The molecule has 1 saturated heterocycles. The van der Waals surface area contributed by atoms with Gasteiger partial charge in [0, 0.05) is 25.4 Å². The summed E-state index contributed by atoms with van der Waals surface area (Å²) in [6.07, 6.45) is 3.18. The minimum Gasteiger partial charge on any atom is -0.381 e. The smallest absolute Gasteiger partial charge is 0.243 e. The van der Waals surface area contributed by atoms with Crippen LogP contribution >= 0.6 is 0 Å². The van der Waals surface area contributed by atoms with Crippen LogP contribution in [-0.4, -0.2) is 44.9 Å². The topological polar surface area (TPSA) is 75.7 Å². The van der Waals surface area contributed by atoms with Gasteiger partial charge in [-0.2, -0.15) is 4.31 Å². The van der Waals surface area contributed by atoms with Crippen molar-refractivity contribution < 1.29 is 17.9 Å². The fourth-order valence-electron chi connectivity index (χ4n) is 2.50. The van der Waals surface area contributed by atoms with Gasteiger partial charge in [0.05, 0.1) is 17.9 Å². The first kappa shape index (κ1) is 17.9. The van der Waals surface area contributed by atoms with Crippen molar-refractivity contribution in [1.29, 1.82) is 0 Å². The Bertz CT molecular complexity index is 607. The number of ether oxygens (including phenoxy) is 1. The zero-order valence-corrected chi connectivity index (χ0v) is 14.3. The number of benzene rings is 1. The van der Waals surface area contributed by atoms with Crippen LogP contribution in [0.2, 0.25) is 0 Å². The van der Waals surface area contributed by atoms with Gasteiger partial charge < -0.3 is 10.1 Å². The number of nitrogens with one attached hydrogen (secondary N) is 1. The van der Waals surface area contributed by atoms with Gasteiger partial charge in [0.1, 0.15) is 0 Å². The van der Waals surface area contributed by atoms with Crippen molar-refractivity contribution in [2.24, 2.45) is 0 Å². The second-order valence-electron chi connectivity index (χ2n) is 5.48. The molecular weight excluding hydrogens is 316 g/mol. The molecule has 0 radical (unpaired) electrons. The maximum atomic E-state index is 12.5. The molecule has 1 N–H and O–H groups in total. The Morgan fingerprint density at radius 2 is 1.83 bits per heavy atom. The fourth-order valence-corrected chi connectivity index (χ4v) is 4.01. The van der Waals surface area contributed by atoms with Crippen LogP contribution in [0.5, 0.6) is 0 Å². The third kappa shape index (κ3) is 5.02. The molecule has 23 heavy (non-hydrogen) atoms. The van der Waals surface area contributed by atoms with Gasteiger partial charge in [0.15, 0.2) is 0 Å². The molecule has 2 rings (SSSR count). The van der Waals surface area contributed by atoms with Crippen LogP contribution in [0, 0.1) is 0 Å². The summed E-state index contributed by atoms with van der Waals surface area (Å²) in [6, 6.07) is 6.33. The molecule has 1 heterocycles. The maximum absolute atomic E-state index is 12.5. The molecule has 1 aliphatic heterocycles. The molecule has 0 unspecified atom stereocenters. The summed E-state index contributed by atoms with van der Waals surface area (Å²) >= 11 is 0. The first-order valence-electron chi connectivity index (χ1n) is 8.02. The Balaban J connectivity index is 1.97. The molecule has 1 aliphatic rings. The lowest BCUT2D eigenvalue weighted by atomic mass is 10.2. The standard InChI is InChI=1S/C16H24N2O4S/c1-2-22-13-10-16(19)17-14-6-8-15(9-7-14)23(20,21)18-11-4-3-5-12-18/h6-9H,2-5,10-13H2,1H3,(H,17,19). The van der Waals surface area contributed by atoms with E-state index in [0.717, 1.165) is 19.3 Å². The lowest BCUT2D eigenvalue weighted by Crippen LogP contribution is -2.35. The van der Waals surface area contributed by atoms with Crippen LogP contribution in [0.1, 0.15) is 32.6 Å².